The summed E-state index contributed by atoms with van der Waals surface area (Å²) in [5.74, 6) is -1.32. The molecule has 1 aliphatic heterocycles. The van der Waals surface area contributed by atoms with Gasteiger partial charge >= 0.3 is 5.97 Å². The van der Waals surface area contributed by atoms with Crippen molar-refractivity contribution in [2.24, 2.45) is 0 Å². The molecule has 1 atom stereocenters. The van der Waals surface area contributed by atoms with Crippen molar-refractivity contribution in [2.75, 3.05) is 20.2 Å². The third-order valence-corrected chi connectivity index (χ3v) is 5.95. The summed E-state index contributed by atoms with van der Waals surface area (Å²) < 4.78 is 31.5. The van der Waals surface area contributed by atoms with Crippen LogP contribution in [0.5, 0.6) is 0 Å². The molecule has 1 aromatic carbocycles. The molecular formula is C12H13Cl2NO5S. The smallest absolute Gasteiger partial charge is 0.337 e. The number of aromatic carboxylic acids is 1. The Morgan fingerprint density at radius 3 is 2.57 bits per heavy atom. The van der Waals surface area contributed by atoms with Crippen molar-refractivity contribution in [3.05, 3.63) is 27.7 Å². The third kappa shape index (κ3) is 3.17. The molecule has 0 bridgehead atoms. The van der Waals surface area contributed by atoms with Crippen molar-refractivity contribution in [1.82, 2.24) is 4.31 Å². The zero-order valence-corrected chi connectivity index (χ0v) is 13.4. The quantitative estimate of drug-likeness (QED) is 0.895. The first-order chi connectivity index (χ1) is 9.77. The summed E-state index contributed by atoms with van der Waals surface area (Å²) in [5.41, 5.74) is -0.304. The SMILES string of the molecule is COC1CCN(S(=O)(=O)c2cc(C(=O)O)c(Cl)cc2Cl)C1. The lowest BCUT2D eigenvalue weighted by Gasteiger charge is -2.17. The molecule has 9 heteroatoms. The summed E-state index contributed by atoms with van der Waals surface area (Å²) in [5, 5.41) is 8.82. The van der Waals surface area contributed by atoms with Crippen LogP contribution in [-0.2, 0) is 14.8 Å². The van der Waals surface area contributed by atoms with Crippen molar-refractivity contribution < 1.29 is 23.1 Å². The zero-order chi connectivity index (χ0) is 15.8. The highest BCUT2D eigenvalue weighted by molar-refractivity contribution is 7.89. The monoisotopic (exact) mass is 353 g/mol. The van der Waals surface area contributed by atoms with Crippen LogP contribution in [0.15, 0.2) is 17.0 Å². The van der Waals surface area contributed by atoms with Crippen LogP contribution in [0.4, 0.5) is 0 Å². The van der Waals surface area contributed by atoms with Gasteiger partial charge in [0.1, 0.15) is 4.90 Å². The van der Waals surface area contributed by atoms with Crippen LogP contribution in [-0.4, -0.2) is 50.1 Å². The lowest BCUT2D eigenvalue weighted by atomic mass is 10.2. The Hall–Kier alpha value is -0.860. The van der Waals surface area contributed by atoms with Crippen LogP contribution < -0.4 is 0 Å². The number of halogens is 2. The van der Waals surface area contributed by atoms with Crippen molar-refractivity contribution in [3.8, 4) is 0 Å². The van der Waals surface area contributed by atoms with Crippen molar-refractivity contribution in [2.45, 2.75) is 17.4 Å². The van der Waals surface area contributed by atoms with Crippen molar-refractivity contribution in [1.29, 1.82) is 0 Å². The predicted molar refractivity (Wildman–Crippen MR) is 77.6 cm³/mol. The molecule has 0 saturated carbocycles. The van der Waals surface area contributed by atoms with Gasteiger partial charge in [-0.2, -0.15) is 4.31 Å². The first-order valence-corrected chi connectivity index (χ1v) is 8.22. The second-order valence-electron chi connectivity index (χ2n) is 4.58. The van der Waals surface area contributed by atoms with Gasteiger partial charge in [0.05, 0.1) is 21.7 Å². The summed E-state index contributed by atoms with van der Waals surface area (Å²) in [7, 11) is -2.37. The number of methoxy groups -OCH3 is 1. The molecule has 1 unspecified atom stereocenters. The molecule has 2 rings (SSSR count). The van der Waals surface area contributed by atoms with Gasteiger partial charge in [-0.05, 0) is 18.6 Å². The highest BCUT2D eigenvalue weighted by atomic mass is 35.5. The number of ether oxygens (including phenoxy) is 1. The number of hydrogen-bond donors (Lipinski definition) is 1. The average Bonchev–Trinajstić information content (AvgIpc) is 2.87. The standard InChI is InChI=1S/C12H13Cl2NO5S/c1-20-7-2-3-15(6-7)21(18,19)11-4-8(12(16)17)9(13)5-10(11)14/h4-5,7H,2-3,6H2,1H3,(H,16,17). The Balaban J connectivity index is 2.45. The Morgan fingerprint density at radius 2 is 2.05 bits per heavy atom. The minimum atomic E-state index is -3.89. The van der Waals surface area contributed by atoms with Crippen LogP contribution in [0.1, 0.15) is 16.8 Å². The molecule has 0 aromatic heterocycles. The number of nitrogens with zero attached hydrogens (tertiary/aromatic N) is 1. The van der Waals surface area contributed by atoms with Crippen LogP contribution in [0.2, 0.25) is 10.0 Å². The summed E-state index contributed by atoms with van der Waals surface area (Å²) in [6, 6.07) is 2.12. The molecule has 1 saturated heterocycles. The Bertz CT molecular complexity index is 676. The molecular weight excluding hydrogens is 341 g/mol. The fraction of sp³-hybridized carbons (Fsp3) is 0.417. The third-order valence-electron chi connectivity index (χ3n) is 3.31. The molecule has 21 heavy (non-hydrogen) atoms. The van der Waals surface area contributed by atoms with Gasteiger partial charge in [0.2, 0.25) is 10.0 Å². The normalized spacial score (nSPS) is 19.9. The van der Waals surface area contributed by atoms with Crippen LogP contribution >= 0.6 is 23.2 Å². The van der Waals surface area contributed by atoms with E-state index >= 15 is 0 Å². The first kappa shape index (κ1) is 16.5. The molecule has 116 valence electrons. The Kier molecular flexibility index (Phi) is 4.79. The maximum Gasteiger partial charge on any atom is 0.337 e. The second-order valence-corrected chi connectivity index (χ2v) is 7.30. The van der Waals surface area contributed by atoms with Gasteiger partial charge < -0.3 is 9.84 Å². The largest absolute Gasteiger partial charge is 0.478 e. The van der Waals surface area contributed by atoms with E-state index in [1.807, 2.05) is 0 Å². The molecule has 0 radical (unpaired) electrons. The highest BCUT2D eigenvalue weighted by Crippen LogP contribution is 2.32. The topological polar surface area (TPSA) is 83.9 Å². The number of carboxylic acid groups (broad SMARTS) is 1. The van der Waals surface area contributed by atoms with Crippen LogP contribution in [0.3, 0.4) is 0 Å². The summed E-state index contributed by atoms with van der Waals surface area (Å²) in [6.07, 6.45) is 0.400. The van der Waals surface area contributed by atoms with Gasteiger partial charge in [-0.25, -0.2) is 13.2 Å². The van der Waals surface area contributed by atoms with Crippen LogP contribution in [0.25, 0.3) is 0 Å². The van der Waals surface area contributed by atoms with E-state index in [-0.39, 0.29) is 33.2 Å². The molecule has 1 aliphatic rings. The van der Waals surface area contributed by atoms with Gasteiger partial charge in [-0.3, -0.25) is 0 Å². The van der Waals surface area contributed by atoms with Gasteiger partial charge in [0.15, 0.2) is 0 Å². The van der Waals surface area contributed by atoms with Gasteiger partial charge in [-0.1, -0.05) is 23.2 Å². The van der Waals surface area contributed by atoms with E-state index in [0.29, 0.717) is 13.0 Å². The van der Waals surface area contributed by atoms with Gasteiger partial charge in [0, 0.05) is 20.2 Å². The van der Waals surface area contributed by atoms with E-state index < -0.39 is 16.0 Å². The number of sulfonamides is 1. The van der Waals surface area contributed by atoms with E-state index in [1.54, 1.807) is 0 Å². The Labute approximate surface area is 132 Å². The highest BCUT2D eigenvalue weighted by Gasteiger charge is 2.34. The molecule has 0 spiro atoms. The predicted octanol–water partition coefficient (Wildman–Crippen LogP) is 2.10. The molecule has 0 amide bonds. The average molecular weight is 354 g/mol. The van der Waals surface area contributed by atoms with Crippen molar-refractivity contribution in [3.63, 3.8) is 0 Å². The molecule has 1 N–H and O–H groups in total. The van der Waals surface area contributed by atoms with E-state index in [1.165, 1.54) is 11.4 Å². The number of carboxylic acids is 1. The van der Waals surface area contributed by atoms with Gasteiger partial charge in [-0.15, -0.1) is 0 Å². The molecule has 1 aromatic rings. The molecule has 6 nitrogen and oxygen atoms in total. The fourth-order valence-electron chi connectivity index (χ4n) is 2.14. The minimum absolute atomic E-state index is 0.106. The van der Waals surface area contributed by atoms with E-state index in [0.717, 1.165) is 12.1 Å². The lowest BCUT2D eigenvalue weighted by molar-refractivity contribution is 0.0697. The zero-order valence-electron chi connectivity index (χ0n) is 11.0. The number of benzene rings is 1. The van der Waals surface area contributed by atoms with E-state index in [4.69, 9.17) is 33.0 Å². The van der Waals surface area contributed by atoms with Gasteiger partial charge in [0.25, 0.3) is 0 Å². The first-order valence-electron chi connectivity index (χ1n) is 6.02. The molecule has 1 fully saturated rings. The summed E-state index contributed by atoms with van der Waals surface area (Å²) in [6.45, 7) is 0.502. The van der Waals surface area contributed by atoms with Crippen molar-refractivity contribution >= 4 is 39.2 Å². The number of hydrogen-bond acceptors (Lipinski definition) is 4. The maximum atomic E-state index is 12.6. The molecule has 0 aliphatic carbocycles. The van der Waals surface area contributed by atoms with E-state index in [9.17, 15) is 13.2 Å². The summed E-state index contributed by atoms with van der Waals surface area (Å²) >= 11 is 11.7. The Morgan fingerprint density at radius 1 is 1.38 bits per heavy atom. The number of carbonyl (C=O) groups is 1. The lowest BCUT2D eigenvalue weighted by Crippen LogP contribution is -2.30. The summed E-state index contributed by atoms with van der Waals surface area (Å²) in [4.78, 5) is 10.8. The van der Waals surface area contributed by atoms with E-state index in [2.05, 4.69) is 0 Å². The van der Waals surface area contributed by atoms with Crippen LogP contribution in [0, 0.1) is 0 Å². The second kappa shape index (κ2) is 6.10. The maximum absolute atomic E-state index is 12.6. The minimum Gasteiger partial charge on any atom is -0.478 e. The number of rotatable bonds is 4. The fourth-order valence-corrected chi connectivity index (χ4v) is 4.45. The molecule has 1 heterocycles.